The molecule has 0 radical (unpaired) electrons. The number of ether oxygens (including phenoxy) is 2. The Morgan fingerprint density at radius 1 is 1.35 bits per heavy atom. The van der Waals surface area contributed by atoms with Crippen LogP contribution in [0.15, 0.2) is 30.3 Å². The maximum atomic E-state index is 10.9. The van der Waals surface area contributed by atoms with E-state index >= 15 is 0 Å². The van der Waals surface area contributed by atoms with Crippen LogP contribution < -0.4 is 4.74 Å². The lowest BCUT2D eigenvalue weighted by molar-refractivity contribution is -0.146. The van der Waals surface area contributed by atoms with Crippen LogP contribution in [-0.4, -0.2) is 30.2 Å². The highest BCUT2D eigenvalue weighted by Crippen LogP contribution is 2.11. The molecule has 1 unspecified atom stereocenters. The molecule has 0 fully saturated rings. The molecule has 17 heavy (non-hydrogen) atoms. The van der Waals surface area contributed by atoms with E-state index in [-0.39, 0.29) is 12.1 Å². The molecular weight excluding hydrogens is 236 g/mol. The largest absolute Gasteiger partial charge is 0.490 e. The van der Waals surface area contributed by atoms with Crippen molar-refractivity contribution < 1.29 is 14.3 Å². The van der Waals surface area contributed by atoms with E-state index in [4.69, 9.17) is 9.47 Å². The van der Waals surface area contributed by atoms with Gasteiger partial charge in [-0.05, 0) is 17.9 Å². The summed E-state index contributed by atoms with van der Waals surface area (Å²) in [6.07, 6.45) is -0.183. The number of thioether (sulfide) groups is 1. The second-order valence-electron chi connectivity index (χ2n) is 3.51. The van der Waals surface area contributed by atoms with Crippen molar-refractivity contribution in [2.45, 2.75) is 20.0 Å². The lowest BCUT2D eigenvalue weighted by atomic mass is 10.3. The third-order valence-electron chi connectivity index (χ3n) is 2.02. The fourth-order valence-corrected chi connectivity index (χ4v) is 1.97. The second kappa shape index (κ2) is 8.01. The van der Waals surface area contributed by atoms with Gasteiger partial charge in [-0.15, -0.1) is 0 Å². The predicted octanol–water partition coefficient (Wildman–Crippen LogP) is 2.75. The summed E-state index contributed by atoms with van der Waals surface area (Å²) in [7, 11) is 0. The highest BCUT2D eigenvalue weighted by Gasteiger charge is 2.12. The summed E-state index contributed by atoms with van der Waals surface area (Å²) in [5.41, 5.74) is 0. The lowest BCUT2D eigenvalue weighted by Crippen LogP contribution is -2.26. The number of para-hydroxylation sites is 1. The normalized spacial score (nSPS) is 11.9. The van der Waals surface area contributed by atoms with Crippen LogP contribution in [0.2, 0.25) is 0 Å². The maximum absolute atomic E-state index is 10.9. The van der Waals surface area contributed by atoms with E-state index in [2.05, 4.69) is 6.92 Å². The SMILES string of the molecule is CCSCC(COc1ccccc1)OC(C)=O. The van der Waals surface area contributed by atoms with E-state index in [9.17, 15) is 4.79 Å². The first-order valence-corrected chi connectivity index (χ1v) is 6.80. The smallest absolute Gasteiger partial charge is 0.303 e. The van der Waals surface area contributed by atoms with Gasteiger partial charge in [0.15, 0.2) is 0 Å². The van der Waals surface area contributed by atoms with Crippen LogP contribution in [0.1, 0.15) is 13.8 Å². The predicted molar refractivity (Wildman–Crippen MR) is 70.5 cm³/mol. The molecule has 0 aliphatic rings. The van der Waals surface area contributed by atoms with Crippen molar-refractivity contribution in [2.75, 3.05) is 18.1 Å². The second-order valence-corrected chi connectivity index (χ2v) is 4.83. The average molecular weight is 254 g/mol. The molecule has 0 aliphatic heterocycles. The van der Waals surface area contributed by atoms with E-state index < -0.39 is 0 Å². The standard InChI is InChI=1S/C13H18O3S/c1-3-17-10-13(16-11(2)14)9-15-12-7-5-4-6-8-12/h4-8,13H,3,9-10H2,1-2H3. The number of hydrogen-bond acceptors (Lipinski definition) is 4. The Bertz CT molecular complexity index is 327. The summed E-state index contributed by atoms with van der Waals surface area (Å²) >= 11 is 1.74. The molecule has 1 atom stereocenters. The summed E-state index contributed by atoms with van der Waals surface area (Å²) in [5.74, 6) is 2.31. The first kappa shape index (κ1) is 13.9. The molecule has 1 aromatic rings. The zero-order valence-corrected chi connectivity index (χ0v) is 11.0. The van der Waals surface area contributed by atoms with Crippen molar-refractivity contribution in [3.05, 3.63) is 30.3 Å². The first-order valence-electron chi connectivity index (χ1n) is 5.65. The van der Waals surface area contributed by atoms with Crippen LogP contribution >= 0.6 is 11.8 Å². The molecular formula is C13H18O3S. The fourth-order valence-electron chi connectivity index (χ4n) is 1.31. The molecule has 0 N–H and O–H groups in total. The van der Waals surface area contributed by atoms with Gasteiger partial charge >= 0.3 is 5.97 Å². The van der Waals surface area contributed by atoms with Crippen molar-refractivity contribution >= 4 is 17.7 Å². The summed E-state index contributed by atoms with van der Waals surface area (Å²) in [6, 6.07) is 9.53. The number of carbonyl (C=O) groups excluding carboxylic acids is 1. The topological polar surface area (TPSA) is 35.5 Å². The first-order chi connectivity index (χ1) is 8.22. The average Bonchev–Trinajstić information content (AvgIpc) is 2.33. The van der Waals surface area contributed by atoms with Gasteiger partial charge in [-0.2, -0.15) is 11.8 Å². The van der Waals surface area contributed by atoms with E-state index in [1.54, 1.807) is 11.8 Å². The summed E-state index contributed by atoms with van der Waals surface area (Å²) in [4.78, 5) is 10.9. The minimum absolute atomic E-state index is 0.183. The maximum Gasteiger partial charge on any atom is 0.303 e. The molecule has 1 rings (SSSR count). The Morgan fingerprint density at radius 3 is 2.65 bits per heavy atom. The molecule has 94 valence electrons. The van der Waals surface area contributed by atoms with Crippen molar-refractivity contribution in [2.24, 2.45) is 0 Å². The number of hydrogen-bond donors (Lipinski definition) is 0. The highest BCUT2D eigenvalue weighted by molar-refractivity contribution is 7.99. The molecule has 0 saturated carbocycles. The van der Waals surface area contributed by atoms with Gasteiger partial charge in [-0.1, -0.05) is 25.1 Å². The summed E-state index contributed by atoms with van der Waals surface area (Å²) < 4.78 is 10.8. The number of benzene rings is 1. The van der Waals surface area contributed by atoms with Crippen molar-refractivity contribution in [3.8, 4) is 5.75 Å². The Balaban J connectivity index is 2.40. The van der Waals surface area contributed by atoms with Gasteiger partial charge < -0.3 is 9.47 Å². The Hall–Kier alpha value is -1.16. The van der Waals surface area contributed by atoms with E-state index in [0.29, 0.717) is 6.61 Å². The third-order valence-corrected chi connectivity index (χ3v) is 3.04. The monoisotopic (exact) mass is 254 g/mol. The van der Waals surface area contributed by atoms with E-state index in [0.717, 1.165) is 17.3 Å². The van der Waals surface area contributed by atoms with Crippen LogP contribution in [0.25, 0.3) is 0 Å². The molecule has 0 bridgehead atoms. The number of esters is 1. The van der Waals surface area contributed by atoms with Crippen molar-refractivity contribution in [1.29, 1.82) is 0 Å². The van der Waals surface area contributed by atoms with Gasteiger partial charge in [0.05, 0.1) is 0 Å². The zero-order valence-electron chi connectivity index (χ0n) is 10.2. The molecule has 0 aliphatic carbocycles. The molecule has 0 heterocycles. The molecule has 0 aromatic heterocycles. The Labute approximate surface area is 106 Å². The van der Waals surface area contributed by atoms with Crippen LogP contribution in [0.5, 0.6) is 5.75 Å². The third kappa shape index (κ3) is 6.22. The van der Waals surface area contributed by atoms with Crippen molar-refractivity contribution in [3.63, 3.8) is 0 Å². The van der Waals surface area contributed by atoms with Gasteiger partial charge in [0.2, 0.25) is 0 Å². The molecule has 0 amide bonds. The molecule has 0 spiro atoms. The fraction of sp³-hybridized carbons (Fsp3) is 0.462. The van der Waals surface area contributed by atoms with E-state index in [1.807, 2.05) is 30.3 Å². The summed E-state index contributed by atoms with van der Waals surface area (Å²) in [6.45, 7) is 3.90. The molecule has 3 nitrogen and oxygen atoms in total. The van der Waals surface area contributed by atoms with Crippen LogP contribution in [0.3, 0.4) is 0 Å². The molecule has 1 aromatic carbocycles. The lowest BCUT2D eigenvalue weighted by Gasteiger charge is -2.17. The molecule has 4 heteroatoms. The van der Waals surface area contributed by atoms with Gasteiger partial charge in [0, 0.05) is 12.7 Å². The van der Waals surface area contributed by atoms with Gasteiger partial charge in [-0.25, -0.2) is 0 Å². The van der Waals surface area contributed by atoms with E-state index in [1.165, 1.54) is 6.92 Å². The van der Waals surface area contributed by atoms with Gasteiger partial charge in [-0.3, -0.25) is 4.79 Å². The van der Waals surface area contributed by atoms with Crippen molar-refractivity contribution in [1.82, 2.24) is 0 Å². The zero-order chi connectivity index (χ0) is 12.5. The summed E-state index contributed by atoms with van der Waals surface area (Å²) in [5, 5.41) is 0. The quantitative estimate of drug-likeness (QED) is 0.701. The Kier molecular flexibility index (Phi) is 6.55. The minimum atomic E-state index is -0.261. The number of carbonyl (C=O) groups is 1. The van der Waals surface area contributed by atoms with Crippen LogP contribution in [-0.2, 0) is 9.53 Å². The molecule has 0 saturated heterocycles. The highest BCUT2D eigenvalue weighted by atomic mass is 32.2. The van der Waals surface area contributed by atoms with Gasteiger partial charge in [0.25, 0.3) is 0 Å². The van der Waals surface area contributed by atoms with Crippen LogP contribution in [0, 0.1) is 0 Å². The van der Waals surface area contributed by atoms with Crippen LogP contribution in [0.4, 0.5) is 0 Å². The Morgan fingerprint density at radius 2 is 2.06 bits per heavy atom. The van der Waals surface area contributed by atoms with Gasteiger partial charge in [0.1, 0.15) is 18.5 Å². The number of rotatable bonds is 7. The minimum Gasteiger partial charge on any atom is -0.490 e.